The SMILES string of the molecule is CC[Si](CC)(CC)O[C@@H]1[C@@H](OC(C)=O)[C@H](Sc2ccccc2)OC[C@@H]1O[C@@H]1OC[C@@H](O[Si](CC)(CC)CC)[C@H](O[Si](CC)(CC)CC)[C@H]1OC(=O)c1ccc(OC)cc1. The highest BCUT2D eigenvalue weighted by atomic mass is 32.2. The molecule has 0 unspecified atom stereocenters. The third-order valence-electron chi connectivity index (χ3n) is 12.9. The lowest BCUT2D eigenvalue weighted by atomic mass is 10.0. The molecule has 2 heterocycles. The van der Waals surface area contributed by atoms with Crippen LogP contribution in [0.4, 0.5) is 0 Å². The fourth-order valence-corrected chi connectivity index (χ4v) is 17.9. The first kappa shape index (κ1) is 49.6. The molecule has 2 fully saturated rings. The largest absolute Gasteiger partial charge is 0.497 e. The van der Waals surface area contributed by atoms with Gasteiger partial charge in [-0.25, -0.2) is 4.79 Å². The van der Waals surface area contributed by atoms with Gasteiger partial charge >= 0.3 is 11.9 Å². The highest BCUT2D eigenvalue weighted by Crippen LogP contribution is 2.40. The van der Waals surface area contributed by atoms with Crippen molar-refractivity contribution in [2.75, 3.05) is 20.3 Å². The van der Waals surface area contributed by atoms with E-state index in [0.717, 1.165) is 59.3 Å². The summed E-state index contributed by atoms with van der Waals surface area (Å²) in [5.41, 5.74) is -0.202. The smallest absolute Gasteiger partial charge is 0.338 e. The van der Waals surface area contributed by atoms with Crippen LogP contribution in [0.15, 0.2) is 59.5 Å². The number of thioether (sulfide) groups is 1. The van der Waals surface area contributed by atoms with Crippen LogP contribution in [0.1, 0.15) is 79.6 Å². The number of benzene rings is 2. The first-order chi connectivity index (χ1) is 28.4. The summed E-state index contributed by atoms with van der Waals surface area (Å²) < 4.78 is 60.3. The standard InChI is InChI=1S/C44H72O11SSi3/c1-12-57(13-2,14-3)53-37-31-48-43(40(39(37)55-59(18-7,19-8)20-9)52-42(46)33-26-28-34(47-11)29-27-33)51-36-30-49-44(56-35-24-22-21-23-25-35)41(50-32(10)45)38(36)54-58(15-4,16-5)17-6/h21-29,36-41,43-44H,12-20,30-31H2,1-11H3/t36-,37+,38-,39-,40+,41+,43-,44-/m0/s1. The minimum Gasteiger partial charge on any atom is -0.497 e. The van der Waals surface area contributed by atoms with E-state index in [0.29, 0.717) is 11.3 Å². The molecule has 332 valence electrons. The Hall–Kier alpha value is -2.06. The summed E-state index contributed by atoms with van der Waals surface area (Å²) >= 11 is 1.49. The number of hydrogen-bond donors (Lipinski definition) is 0. The lowest BCUT2D eigenvalue weighted by molar-refractivity contribution is -0.301. The van der Waals surface area contributed by atoms with E-state index >= 15 is 0 Å². The van der Waals surface area contributed by atoms with E-state index < -0.39 is 85.2 Å². The van der Waals surface area contributed by atoms with Gasteiger partial charge in [0.1, 0.15) is 29.5 Å². The Morgan fingerprint density at radius 2 is 1.10 bits per heavy atom. The zero-order valence-corrected chi connectivity index (χ0v) is 41.3. The maximum absolute atomic E-state index is 14.2. The van der Waals surface area contributed by atoms with Crippen LogP contribution >= 0.6 is 11.8 Å². The van der Waals surface area contributed by atoms with E-state index in [9.17, 15) is 9.59 Å². The maximum Gasteiger partial charge on any atom is 0.338 e. The van der Waals surface area contributed by atoms with Gasteiger partial charge in [0.15, 0.2) is 43.5 Å². The van der Waals surface area contributed by atoms with Crippen LogP contribution in [-0.2, 0) is 41.8 Å². The molecule has 2 saturated heterocycles. The highest BCUT2D eigenvalue weighted by Gasteiger charge is 2.54. The molecule has 59 heavy (non-hydrogen) atoms. The van der Waals surface area contributed by atoms with E-state index in [1.807, 2.05) is 30.3 Å². The van der Waals surface area contributed by atoms with Crippen molar-refractivity contribution in [3.8, 4) is 5.75 Å². The van der Waals surface area contributed by atoms with Crippen molar-refractivity contribution in [1.29, 1.82) is 0 Å². The summed E-state index contributed by atoms with van der Waals surface area (Å²) in [7, 11) is -5.30. The van der Waals surface area contributed by atoms with Gasteiger partial charge in [-0.2, -0.15) is 0 Å². The van der Waals surface area contributed by atoms with Gasteiger partial charge in [-0.05, 0) is 90.8 Å². The summed E-state index contributed by atoms with van der Waals surface area (Å²) in [6.45, 7) is 21.4. The van der Waals surface area contributed by atoms with Gasteiger partial charge in [0, 0.05) is 11.8 Å². The average Bonchev–Trinajstić information content (AvgIpc) is 3.27. The predicted molar refractivity (Wildman–Crippen MR) is 241 cm³/mol. The molecule has 0 aliphatic carbocycles. The third-order valence-corrected chi connectivity index (χ3v) is 28.0. The molecule has 0 bridgehead atoms. The second-order valence-corrected chi connectivity index (χ2v) is 31.1. The Kier molecular flexibility index (Phi) is 19.7. The maximum atomic E-state index is 14.2. The van der Waals surface area contributed by atoms with Crippen molar-refractivity contribution >= 4 is 48.7 Å². The van der Waals surface area contributed by atoms with Gasteiger partial charge in [-0.1, -0.05) is 92.3 Å². The van der Waals surface area contributed by atoms with Crippen LogP contribution in [-0.4, -0.2) is 106 Å². The first-order valence-corrected chi connectivity index (χ1v) is 30.5. The number of carbonyl (C=O) groups excluding carboxylic acids is 2. The van der Waals surface area contributed by atoms with Crippen molar-refractivity contribution in [3.05, 3.63) is 60.2 Å². The van der Waals surface area contributed by atoms with E-state index in [1.54, 1.807) is 31.4 Å². The number of esters is 2. The Bertz CT molecular complexity index is 1530. The highest BCUT2D eigenvalue weighted by molar-refractivity contribution is 7.99. The second-order valence-electron chi connectivity index (χ2n) is 15.7. The molecule has 15 heteroatoms. The summed E-state index contributed by atoms with van der Waals surface area (Å²) in [4.78, 5) is 28.1. The number of ether oxygens (including phenoxy) is 6. The minimum atomic E-state index is -2.34. The van der Waals surface area contributed by atoms with Gasteiger partial charge < -0.3 is 41.7 Å². The Morgan fingerprint density at radius 3 is 1.59 bits per heavy atom. The average molecular weight is 893 g/mol. The normalized spacial score (nSPS) is 25.3. The molecule has 0 spiro atoms. The molecule has 2 aromatic carbocycles. The summed E-state index contributed by atoms with van der Waals surface area (Å²) in [6, 6.07) is 24.9. The topological polar surface area (TPSA) is 117 Å². The van der Waals surface area contributed by atoms with Gasteiger partial charge in [-0.15, -0.1) is 0 Å². The van der Waals surface area contributed by atoms with E-state index in [1.165, 1.54) is 18.7 Å². The molecule has 0 saturated carbocycles. The lowest BCUT2D eigenvalue weighted by Crippen LogP contribution is -2.65. The van der Waals surface area contributed by atoms with Crippen molar-refractivity contribution < 1.29 is 51.3 Å². The molecule has 0 aromatic heterocycles. The molecule has 11 nitrogen and oxygen atoms in total. The fourth-order valence-electron chi connectivity index (χ4n) is 8.27. The van der Waals surface area contributed by atoms with Crippen molar-refractivity contribution in [1.82, 2.24) is 0 Å². The van der Waals surface area contributed by atoms with Gasteiger partial charge in [0.25, 0.3) is 0 Å². The minimum absolute atomic E-state index is 0.133. The molecular weight excluding hydrogens is 821 g/mol. The lowest BCUT2D eigenvalue weighted by Gasteiger charge is -2.50. The van der Waals surface area contributed by atoms with Crippen LogP contribution < -0.4 is 4.74 Å². The van der Waals surface area contributed by atoms with E-state index in [2.05, 4.69) is 62.3 Å². The second kappa shape index (κ2) is 23.4. The monoisotopic (exact) mass is 892 g/mol. The third kappa shape index (κ3) is 12.5. The first-order valence-electron chi connectivity index (χ1n) is 22.0. The summed E-state index contributed by atoms with van der Waals surface area (Å²) in [5.74, 6) is -0.347. The molecule has 4 rings (SSSR count). The Labute approximate surface area is 361 Å². The van der Waals surface area contributed by atoms with Crippen LogP contribution in [0, 0.1) is 0 Å². The zero-order valence-electron chi connectivity index (χ0n) is 37.5. The van der Waals surface area contributed by atoms with Crippen LogP contribution in [0.2, 0.25) is 54.4 Å². The van der Waals surface area contributed by atoms with Gasteiger partial charge in [0.05, 0.1) is 32.0 Å². The van der Waals surface area contributed by atoms with Crippen molar-refractivity contribution in [3.63, 3.8) is 0 Å². The van der Waals surface area contributed by atoms with E-state index in [-0.39, 0.29) is 13.2 Å². The van der Waals surface area contributed by atoms with Gasteiger partial charge in [-0.3, -0.25) is 4.79 Å². The Balaban J connectivity index is 1.83. The summed E-state index contributed by atoms with van der Waals surface area (Å²) in [5, 5.41) is 0. The number of hydrogen-bond acceptors (Lipinski definition) is 12. The molecule has 2 aliphatic heterocycles. The number of carbonyl (C=O) groups is 2. The number of methoxy groups -OCH3 is 1. The fraction of sp³-hybridized carbons (Fsp3) is 0.682. The quantitative estimate of drug-likeness (QED) is 0.0781. The van der Waals surface area contributed by atoms with Crippen LogP contribution in [0.3, 0.4) is 0 Å². The van der Waals surface area contributed by atoms with Crippen molar-refractivity contribution in [2.45, 2.75) is 177 Å². The number of rotatable bonds is 23. The predicted octanol–water partition coefficient (Wildman–Crippen LogP) is 10.2. The van der Waals surface area contributed by atoms with Crippen LogP contribution in [0.5, 0.6) is 5.75 Å². The molecule has 2 aliphatic rings. The molecule has 0 amide bonds. The molecule has 2 aromatic rings. The molecular formula is C44H72O11SSi3. The van der Waals surface area contributed by atoms with Crippen LogP contribution in [0.25, 0.3) is 0 Å². The molecule has 0 radical (unpaired) electrons. The van der Waals surface area contributed by atoms with Crippen molar-refractivity contribution in [2.24, 2.45) is 0 Å². The van der Waals surface area contributed by atoms with E-state index in [4.69, 9.17) is 41.7 Å². The van der Waals surface area contributed by atoms with Gasteiger partial charge in [0.2, 0.25) is 0 Å². The molecule has 8 atom stereocenters. The summed E-state index contributed by atoms with van der Waals surface area (Å²) in [6.07, 6.45) is -5.46. The zero-order chi connectivity index (χ0) is 43.2. The Morgan fingerprint density at radius 1 is 0.610 bits per heavy atom. The molecule has 0 N–H and O–H groups in total.